The number of amides is 1. The Kier molecular flexibility index (Phi) is 1.84. The minimum atomic E-state index is -0.515. The fraction of sp³-hybridized carbons (Fsp3) is 0.429. The molecule has 1 saturated carbocycles. The number of anilines is 2. The summed E-state index contributed by atoms with van der Waals surface area (Å²) in [4.78, 5) is 15.2. The summed E-state index contributed by atoms with van der Waals surface area (Å²) in [7, 11) is 0. The molecule has 1 heterocycles. The van der Waals surface area contributed by atoms with Crippen LogP contribution in [0.4, 0.5) is 10.9 Å². The van der Waals surface area contributed by atoms with Crippen molar-refractivity contribution in [1.82, 2.24) is 4.98 Å². The molecule has 5 nitrogen and oxygen atoms in total. The van der Waals surface area contributed by atoms with E-state index in [1.165, 1.54) is 11.3 Å². The molecule has 1 aliphatic carbocycles. The third kappa shape index (κ3) is 1.72. The van der Waals surface area contributed by atoms with E-state index in [9.17, 15) is 4.79 Å². The highest BCUT2D eigenvalue weighted by molar-refractivity contribution is 7.18. The van der Waals surface area contributed by atoms with E-state index in [2.05, 4.69) is 10.3 Å². The van der Waals surface area contributed by atoms with Gasteiger partial charge in [0.05, 0.1) is 0 Å². The van der Waals surface area contributed by atoms with E-state index in [4.69, 9.17) is 11.5 Å². The van der Waals surface area contributed by atoms with Crippen molar-refractivity contribution in [2.24, 2.45) is 5.73 Å². The summed E-state index contributed by atoms with van der Waals surface area (Å²) in [6, 6.07) is 0.506. The van der Waals surface area contributed by atoms with Crippen LogP contribution >= 0.6 is 11.3 Å². The number of nitrogen functional groups attached to an aromatic ring is 1. The molecule has 1 aromatic heterocycles. The second kappa shape index (κ2) is 2.88. The number of primary amides is 1. The lowest BCUT2D eigenvalue weighted by atomic mass is 10.5. The molecule has 0 spiro atoms. The van der Waals surface area contributed by atoms with Crippen LogP contribution in [0.3, 0.4) is 0 Å². The highest BCUT2D eigenvalue weighted by Crippen LogP contribution is 2.29. The van der Waals surface area contributed by atoms with Gasteiger partial charge in [-0.25, -0.2) is 4.98 Å². The first-order valence-corrected chi connectivity index (χ1v) is 4.81. The van der Waals surface area contributed by atoms with Crippen LogP contribution in [-0.2, 0) is 0 Å². The molecule has 0 atom stereocenters. The molecule has 1 aromatic rings. The van der Waals surface area contributed by atoms with Crippen LogP contribution in [0.1, 0.15) is 22.5 Å². The Hall–Kier alpha value is -1.30. The zero-order valence-electron chi connectivity index (χ0n) is 6.91. The first-order valence-electron chi connectivity index (χ1n) is 3.99. The van der Waals surface area contributed by atoms with Crippen molar-refractivity contribution < 1.29 is 4.79 Å². The minimum Gasteiger partial charge on any atom is -0.382 e. The van der Waals surface area contributed by atoms with Gasteiger partial charge < -0.3 is 16.8 Å². The molecule has 0 saturated heterocycles. The van der Waals surface area contributed by atoms with Crippen LogP contribution in [0, 0.1) is 0 Å². The smallest absolute Gasteiger partial charge is 0.262 e. The van der Waals surface area contributed by atoms with Gasteiger partial charge in [0, 0.05) is 6.04 Å². The maximum atomic E-state index is 10.8. The maximum Gasteiger partial charge on any atom is 0.262 e. The molecular formula is C7H10N4OS. The molecule has 0 aliphatic heterocycles. The van der Waals surface area contributed by atoms with Crippen LogP contribution in [-0.4, -0.2) is 16.9 Å². The predicted octanol–water partition coefficient (Wildman–Crippen LogP) is 0.398. The number of nitrogens with two attached hydrogens (primary N) is 2. The molecular weight excluding hydrogens is 188 g/mol. The predicted molar refractivity (Wildman–Crippen MR) is 51.7 cm³/mol. The summed E-state index contributed by atoms with van der Waals surface area (Å²) in [5.41, 5.74) is 10.6. The van der Waals surface area contributed by atoms with E-state index in [-0.39, 0.29) is 5.82 Å². The van der Waals surface area contributed by atoms with Gasteiger partial charge in [-0.1, -0.05) is 11.3 Å². The molecule has 0 unspecified atom stereocenters. The summed E-state index contributed by atoms with van der Waals surface area (Å²) in [5, 5.41) is 3.84. The topological polar surface area (TPSA) is 94.0 Å². The van der Waals surface area contributed by atoms with Gasteiger partial charge in [0.1, 0.15) is 10.7 Å². The zero-order chi connectivity index (χ0) is 9.42. The Morgan fingerprint density at radius 2 is 2.31 bits per heavy atom. The Balaban J connectivity index is 2.18. The standard InChI is InChI=1S/C7H10N4OS/c8-5-4(6(9)12)13-7(11-5)10-3-1-2-3/h3H,1-2,8H2,(H2,9,12)(H,10,11). The second-order valence-corrected chi connectivity index (χ2v) is 4.02. The monoisotopic (exact) mass is 198 g/mol. The van der Waals surface area contributed by atoms with E-state index >= 15 is 0 Å². The number of carbonyl (C=O) groups excluding carboxylic acids is 1. The van der Waals surface area contributed by atoms with Gasteiger partial charge in [0.25, 0.3) is 5.91 Å². The molecule has 13 heavy (non-hydrogen) atoms. The molecule has 70 valence electrons. The highest BCUT2D eigenvalue weighted by Gasteiger charge is 2.23. The third-order valence-electron chi connectivity index (χ3n) is 1.78. The van der Waals surface area contributed by atoms with E-state index in [0.717, 1.165) is 12.8 Å². The summed E-state index contributed by atoms with van der Waals surface area (Å²) in [6.45, 7) is 0. The summed E-state index contributed by atoms with van der Waals surface area (Å²) < 4.78 is 0. The van der Waals surface area contributed by atoms with Crippen LogP contribution in [0.25, 0.3) is 0 Å². The third-order valence-corrected chi connectivity index (χ3v) is 2.80. The van der Waals surface area contributed by atoms with Crippen molar-refractivity contribution in [2.75, 3.05) is 11.1 Å². The summed E-state index contributed by atoms with van der Waals surface area (Å²) >= 11 is 1.21. The number of nitrogens with one attached hydrogen (secondary N) is 1. The molecule has 0 bridgehead atoms. The molecule has 6 heteroatoms. The van der Waals surface area contributed by atoms with Crippen LogP contribution in [0.5, 0.6) is 0 Å². The number of aromatic nitrogens is 1. The fourth-order valence-corrected chi connectivity index (χ4v) is 1.79. The van der Waals surface area contributed by atoms with Gasteiger partial charge in [-0.2, -0.15) is 0 Å². The number of hydrogen-bond acceptors (Lipinski definition) is 5. The normalized spacial score (nSPS) is 15.7. The van der Waals surface area contributed by atoms with Crippen molar-refractivity contribution in [3.8, 4) is 0 Å². The number of nitrogens with zero attached hydrogens (tertiary/aromatic N) is 1. The highest BCUT2D eigenvalue weighted by atomic mass is 32.1. The fourth-order valence-electron chi connectivity index (χ4n) is 0.973. The van der Waals surface area contributed by atoms with E-state index < -0.39 is 5.91 Å². The Morgan fingerprint density at radius 1 is 1.62 bits per heavy atom. The average Bonchev–Trinajstić information content (AvgIpc) is 2.75. The molecule has 1 aliphatic rings. The van der Waals surface area contributed by atoms with Crippen molar-refractivity contribution >= 4 is 28.2 Å². The molecule has 0 radical (unpaired) electrons. The molecule has 5 N–H and O–H groups in total. The number of rotatable bonds is 3. The van der Waals surface area contributed by atoms with Crippen molar-refractivity contribution in [3.63, 3.8) is 0 Å². The lowest BCUT2D eigenvalue weighted by Crippen LogP contribution is -2.10. The van der Waals surface area contributed by atoms with Gasteiger partial charge in [0.2, 0.25) is 0 Å². The van der Waals surface area contributed by atoms with E-state index in [1.54, 1.807) is 0 Å². The molecule has 1 fully saturated rings. The molecule has 1 amide bonds. The number of carbonyl (C=O) groups is 1. The Bertz CT molecular complexity index is 344. The van der Waals surface area contributed by atoms with Crippen LogP contribution < -0.4 is 16.8 Å². The Labute approximate surface area is 79.1 Å². The van der Waals surface area contributed by atoms with Crippen molar-refractivity contribution in [2.45, 2.75) is 18.9 Å². The molecule has 2 rings (SSSR count). The van der Waals surface area contributed by atoms with Crippen molar-refractivity contribution in [1.29, 1.82) is 0 Å². The second-order valence-electron chi connectivity index (χ2n) is 3.02. The van der Waals surface area contributed by atoms with Crippen LogP contribution in [0.2, 0.25) is 0 Å². The minimum absolute atomic E-state index is 0.223. The lowest BCUT2D eigenvalue weighted by Gasteiger charge is -1.94. The van der Waals surface area contributed by atoms with Gasteiger partial charge in [-0.15, -0.1) is 0 Å². The largest absolute Gasteiger partial charge is 0.382 e. The number of thiazole rings is 1. The van der Waals surface area contributed by atoms with Gasteiger partial charge in [-0.05, 0) is 12.8 Å². The Morgan fingerprint density at radius 3 is 2.77 bits per heavy atom. The average molecular weight is 198 g/mol. The first-order chi connectivity index (χ1) is 6.16. The maximum absolute atomic E-state index is 10.8. The van der Waals surface area contributed by atoms with Gasteiger partial charge in [-0.3, -0.25) is 4.79 Å². The zero-order valence-corrected chi connectivity index (χ0v) is 7.73. The van der Waals surface area contributed by atoms with E-state index in [1.807, 2.05) is 0 Å². The lowest BCUT2D eigenvalue weighted by molar-refractivity contribution is 0.100. The quantitative estimate of drug-likeness (QED) is 0.655. The summed E-state index contributed by atoms with van der Waals surface area (Å²) in [6.07, 6.45) is 2.32. The van der Waals surface area contributed by atoms with E-state index in [0.29, 0.717) is 16.1 Å². The van der Waals surface area contributed by atoms with Gasteiger partial charge >= 0.3 is 0 Å². The van der Waals surface area contributed by atoms with Crippen molar-refractivity contribution in [3.05, 3.63) is 4.88 Å². The number of hydrogen-bond donors (Lipinski definition) is 3. The SMILES string of the molecule is NC(=O)c1sc(NC2CC2)nc1N. The first kappa shape index (κ1) is 8.31. The van der Waals surface area contributed by atoms with Crippen LogP contribution in [0.15, 0.2) is 0 Å². The molecule has 0 aromatic carbocycles. The van der Waals surface area contributed by atoms with Gasteiger partial charge in [0.15, 0.2) is 5.13 Å². The summed E-state index contributed by atoms with van der Waals surface area (Å²) in [5.74, 6) is -0.292.